The Hall–Kier alpha value is -1.56. The van der Waals surface area contributed by atoms with E-state index in [2.05, 4.69) is 27.3 Å². The smallest absolute Gasteiger partial charge is 0.274 e. The Morgan fingerprint density at radius 3 is 2.65 bits per heavy atom. The molecular formula is C14H25N5O. The number of carbonyl (C=O) groups excluding carboxylic acids is 1. The first kappa shape index (κ1) is 14.8. The van der Waals surface area contributed by atoms with Crippen molar-refractivity contribution in [1.29, 1.82) is 0 Å². The molecule has 1 aromatic heterocycles. The molecule has 0 atom stereocenters. The summed E-state index contributed by atoms with van der Waals surface area (Å²) < 4.78 is 0. The minimum absolute atomic E-state index is 0.166. The summed E-state index contributed by atoms with van der Waals surface area (Å²) in [5, 5.41) is 9.97. The summed E-state index contributed by atoms with van der Waals surface area (Å²) in [6.07, 6.45) is 1.97. The predicted molar refractivity (Wildman–Crippen MR) is 79.7 cm³/mol. The lowest BCUT2D eigenvalue weighted by Crippen LogP contribution is -2.44. The molecule has 6 nitrogen and oxygen atoms in total. The number of piperidine rings is 1. The number of nitrogens with one attached hydrogen (secondary N) is 2. The number of nitrogens with two attached hydrogens (primary N) is 1. The average Bonchev–Trinajstić information content (AvgIpc) is 2.81. The van der Waals surface area contributed by atoms with Gasteiger partial charge >= 0.3 is 0 Å². The van der Waals surface area contributed by atoms with E-state index >= 15 is 0 Å². The Morgan fingerprint density at radius 1 is 1.50 bits per heavy atom. The number of amides is 1. The van der Waals surface area contributed by atoms with Gasteiger partial charge in [0, 0.05) is 19.1 Å². The standard InChI is InChI=1S/C14H25N5O/c1-4-19-7-5-10(6-8-19)16-14(20)13-11(15)12(9(2)3)17-18-13/h9-10H,4-8,15H2,1-3H3,(H,16,20)(H,17,18). The van der Waals surface area contributed by atoms with Gasteiger partial charge in [0.1, 0.15) is 0 Å². The first-order valence-corrected chi connectivity index (χ1v) is 7.39. The molecule has 20 heavy (non-hydrogen) atoms. The Kier molecular flexibility index (Phi) is 4.65. The molecule has 0 aromatic carbocycles. The van der Waals surface area contributed by atoms with Crippen molar-refractivity contribution in [1.82, 2.24) is 20.4 Å². The van der Waals surface area contributed by atoms with E-state index in [9.17, 15) is 4.79 Å². The number of carbonyl (C=O) groups is 1. The zero-order chi connectivity index (χ0) is 14.7. The number of aromatic nitrogens is 2. The van der Waals surface area contributed by atoms with Crippen LogP contribution in [0.4, 0.5) is 5.69 Å². The second-order valence-electron chi connectivity index (χ2n) is 5.74. The van der Waals surface area contributed by atoms with Crippen molar-refractivity contribution in [2.24, 2.45) is 0 Å². The average molecular weight is 279 g/mol. The van der Waals surface area contributed by atoms with E-state index in [1.165, 1.54) is 0 Å². The molecule has 0 unspecified atom stereocenters. The van der Waals surface area contributed by atoms with Crippen LogP contribution < -0.4 is 11.1 Å². The first-order valence-electron chi connectivity index (χ1n) is 7.39. The second-order valence-corrected chi connectivity index (χ2v) is 5.74. The molecule has 1 aliphatic heterocycles. The molecule has 4 N–H and O–H groups in total. The third kappa shape index (κ3) is 3.12. The summed E-state index contributed by atoms with van der Waals surface area (Å²) >= 11 is 0. The highest BCUT2D eigenvalue weighted by molar-refractivity contribution is 5.97. The number of aromatic amines is 1. The van der Waals surface area contributed by atoms with Crippen LogP contribution in [0.15, 0.2) is 0 Å². The summed E-state index contributed by atoms with van der Waals surface area (Å²) in [6.45, 7) is 9.35. The summed E-state index contributed by atoms with van der Waals surface area (Å²) in [7, 11) is 0. The summed E-state index contributed by atoms with van der Waals surface area (Å²) in [5.74, 6) is 0.0671. The number of nitrogens with zero attached hydrogens (tertiary/aromatic N) is 2. The molecular weight excluding hydrogens is 254 g/mol. The Morgan fingerprint density at radius 2 is 2.15 bits per heavy atom. The lowest BCUT2D eigenvalue weighted by molar-refractivity contribution is 0.0908. The van der Waals surface area contributed by atoms with Gasteiger partial charge in [-0.1, -0.05) is 20.8 Å². The monoisotopic (exact) mass is 279 g/mol. The Labute approximate surface area is 120 Å². The summed E-state index contributed by atoms with van der Waals surface area (Å²) in [5.41, 5.74) is 7.62. The number of nitrogen functional groups attached to an aromatic ring is 1. The molecule has 6 heteroatoms. The maximum absolute atomic E-state index is 12.2. The Balaban J connectivity index is 1.96. The van der Waals surface area contributed by atoms with Gasteiger partial charge in [-0.15, -0.1) is 0 Å². The minimum atomic E-state index is -0.166. The number of H-pyrrole nitrogens is 1. The van der Waals surface area contributed by atoms with Gasteiger partial charge < -0.3 is 16.0 Å². The fourth-order valence-electron chi connectivity index (χ4n) is 2.62. The van der Waals surface area contributed by atoms with Crippen molar-refractivity contribution in [3.05, 3.63) is 11.4 Å². The lowest BCUT2D eigenvalue weighted by Gasteiger charge is -2.31. The molecule has 112 valence electrons. The fraction of sp³-hybridized carbons (Fsp3) is 0.714. The van der Waals surface area contributed by atoms with Crippen LogP contribution in [0.3, 0.4) is 0 Å². The molecule has 2 heterocycles. The molecule has 0 spiro atoms. The Bertz CT molecular complexity index is 460. The number of hydrogen-bond donors (Lipinski definition) is 3. The molecule has 0 bridgehead atoms. The molecule has 2 rings (SSSR count). The van der Waals surface area contributed by atoms with Gasteiger partial charge in [0.25, 0.3) is 5.91 Å². The normalized spacial score (nSPS) is 17.6. The zero-order valence-electron chi connectivity index (χ0n) is 12.6. The fourth-order valence-corrected chi connectivity index (χ4v) is 2.62. The van der Waals surface area contributed by atoms with Crippen LogP contribution in [0.25, 0.3) is 0 Å². The van der Waals surface area contributed by atoms with Gasteiger partial charge in [-0.3, -0.25) is 9.89 Å². The molecule has 0 radical (unpaired) electrons. The van der Waals surface area contributed by atoms with Gasteiger partial charge in [0.15, 0.2) is 5.69 Å². The highest BCUT2D eigenvalue weighted by atomic mass is 16.2. The van der Waals surface area contributed by atoms with Crippen molar-refractivity contribution in [3.8, 4) is 0 Å². The quantitative estimate of drug-likeness (QED) is 0.776. The minimum Gasteiger partial charge on any atom is -0.395 e. The molecule has 1 saturated heterocycles. The van der Waals surface area contributed by atoms with Gasteiger partial charge in [-0.05, 0) is 25.3 Å². The van der Waals surface area contributed by atoms with Crippen LogP contribution in [0.1, 0.15) is 55.7 Å². The number of rotatable bonds is 4. The predicted octanol–water partition coefficient (Wildman–Crippen LogP) is 1.33. The van der Waals surface area contributed by atoms with Crippen LogP contribution in [0.5, 0.6) is 0 Å². The van der Waals surface area contributed by atoms with Gasteiger partial charge in [0.05, 0.1) is 11.4 Å². The van der Waals surface area contributed by atoms with Crippen LogP contribution in [0.2, 0.25) is 0 Å². The molecule has 0 saturated carbocycles. The van der Waals surface area contributed by atoms with Crippen LogP contribution in [-0.4, -0.2) is 46.7 Å². The van der Waals surface area contributed by atoms with E-state index < -0.39 is 0 Å². The zero-order valence-corrected chi connectivity index (χ0v) is 12.6. The highest BCUT2D eigenvalue weighted by Gasteiger charge is 2.23. The van der Waals surface area contributed by atoms with E-state index in [4.69, 9.17) is 5.73 Å². The van der Waals surface area contributed by atoms with E-state index in [0.29, 0.717) is 11.4 Å². The molecule has 1 aliphatic rings. The third-order valence-corrected chi connectivity index (χ3v) is 4.00. The van der Waals surface area contributed by atoms with Gasteiger partial charge in [0.2, 0.25) is 0 Å². The number of hydrogen-bond acceptors (Lipinski definition) is 4. The van der Waals surface area contributed by atoms with Crippen molar-refractivity contribution >= 4 is 11.6 Å². The first-order chi connectivity index (χ1) is 9.52. The van der Waals surface area contributed by atoms with E-state index in [0.717, 1.165) is 38.2 Å². The molecule has 1 fully saturated rings. The van der Waals surface area contributed by atoms with E-state index in [-0.39, 0.29) is 17.9 Å². The largest absolute Gasteiger partial charge is 0.395 e. The van der Waals surface area contributed by atoms with Crippen molar-refractivity contribution in [3.63, 3.8) is 0 Å². The van der Waals surface area contributed by atoms with Crippen molar-refractivity contribution < 1.29 is 4.79 Å². The third-order valence-electron chi connectivity index (χ3n) is 4.00. The highest BCUT2D eigenvalue weighted by Crippen LogP contribution is 2.22. The molecule has 1 aromatic rings. The maximum atomic E-state index is 12.2. The van der Waals surface area contributed by atoms with Crippen LogP contribution in [-0.2, 0) is 0 Å². The maximum Gasteiger partial charge on any atom is 0.274 e. The number of anilines is 1. The summed E-state index contributed by atoms with van der Waals surface area (Å²) in [6, 6.07) is 0.226. The SMILES string of the molecule is CCN1CCC(NC(=O)c2n[nH]c(C(C)C)c2N)CC1. The van der Waals surface area contributed by atoms with Crippen LogP contribution >= 0.6 is 0 Å². The van der Waals surface area contributed by atoms with Gasteiger partial charge in [-0.25, -0.2) is 0 Å². The molecule has 0 aliphatic carbocycles. The molecule has 1 amide bonds. The van der Waals surface area contributed by atoms with Gasteiger partial charge in [-0.2, -0.15) is 5.10 Å². The van der Waals surface area contributed by atoms with E-state index in [1.807, 2.05) is 13.8 Å². The van der Waals surface area contributed by atoms with E-state index in [1.54, 1.807) is 0 Å². The number of likely N-dealkylation sites (tertiary alicyclic amines) is 1. The lowest BCUT2D eigenvalue weighted by atomic mass is 10.0. The summed E-state index contributed by atoms with van der Waals surface area (Å²) in [4.78, 5) is 14.6. The topological polar surface area (TPSA) is 87.0 Å². The van der Waals surface area contributed by atoms with Crippen molar-refractivity contribution in [2.75, 3.05) is 25.4 Å². The van der Waals surface area contributed by atoms with Crippen molar-refractivity contribution in [2.45, 2.75) is 45.6 Å². The second kappa shape index (κ2) is 6.26. The van der Waals surface area contributed by atoms with Crippen LogP contribution in [0, 0.1) is 0 Å².